The molecule has 1 aliphatic rings. The van der Waals surface area contributed by atoms with Crippen molar-refractivity contribution in [2.24, 2.45) is 0 Å². The number of carbonyl (C=O) groups is 1. The number of hydrogen-bond donors (Lipinski definition) is 0. The number of thioether (sulfide) groups is 1. The van der Waals surface area contributed by atoms with Gasteiger partial charge in [0.15, 0.2) is 5.78 Å². The molecule has 2 aromatic heterocycles. The Morgan fingerprint density at radius 1 is 1.20 bits per heavy atom. The Kier molecular flexibility index (Phi) is 4.07. The highest BCUT2D eigenvalue weighted by molar-refractivity contribution is 7.98. The first kappa shape index (κ1) is 16.3. The molecule has 0 saturated carbocycles. The van der Waals surface area contributed by atoms with E-state index in [2.05, 4.69) is 53.2 Å². The summed E-state index contributed by atoms with van der Waals surface area (Å²) in [6, 6.07) is 8.66. The fraction of sp³-hybridized carbons (Fsp3) is 0.368. The first-order valence-electron chi connectivity index (χ1n) is 8.48. The van der Waals surface area contributed by atoms with Crippen LogP contribution in [0.2, 0.25) is 0 Å². The SMILES string of the molecule is CSc1nc2ncc3c(n2n1)CC(c1ccc(C(C)C)cc1)CC3=O. The summed E-state index contributed by atoms with van der Waals surface area (Å²) in [6.45, 7) is 4.38. The van der Waals surface area contributed by atoms with Crippen LogP contribution in [0.1, 0.15) is 59.3 Å². The molecule has 0 fully saturated rings. The van der Waals surface area contributed by atoms with Crippen molar-refractivity contribution in [3.05, 3.63) is 52.8 Å². The van der Waals surface area contributed by atoms with E-state index < -0.39 is 0 Å². The molecule has 1 unspecified atom stereocenters. The third-order valence-electron chi connectivity index (χ3n) is 4.88. The zero-order valence-corrected chi connectivity index (χ0v) is 15.4. The number of rotatable bonds is 3. The largest absolute Gasteiger partial charge is 0.294 e. The van der Waals surface area contributed by atoms with Crippen LogP contribution in [0.25, 0.3) is 5.78 Å². The summed E-state index contributed by atoms with van der Waals surface area (Å²) in [5.41, 5.74) is 4.13. The second kappa shape index (κ2) is 6.26. The van der Waals surface area contributed by atoms with Crippen molar-refractivity contribution in [2.45, 2.75) is 43.7 Å². The zero-order chi connectivity index (χ0) is 17.6. The van der Waals surface area contributed by atoms with Crippen molar-refractivity contribution < 1.29 is 4.79 Å². The van der Waals surface area contributed by atoms with Gasteiger partial charge in [-0.15, -0.1) is 5.10 Å². The summed E-state index contributed by atoms with van der Waals surface area (Å²) in [6.07, 6.45) is 4.89. The van der Waals surface area contributed by atoms with Gasteiger partial charge in [0.1, 0.15) is 0 Å². The lowest BCUT2D eigenvalue weighted by molar-refractivity contribution is 0.0962. The summed E-state index contributed by atoms with van der Waals surface area (Å²) in [5, 5.41) is 5.18. The normalized spacial score (nSPS) is 17.3. The van der Waals surface area contributed by atoms with Gasteiger partial charge < -0.3 is 0 Å². The number of ketones is 1. The summed E-state index contributed by atoms with van der Waals surface area (Å²) >= 11 is 1.48. The molecule has 3 aromatic rings. The number of benzene rings is 1. The maximum atomic E-state index is 12.7. The molecular formula is C19H20N4OS. The van der Waals surface area contributed by atoms with Crippen LogP contribution in [0, 0.1) is 0 Å². The molecule has 1 aromatic carbocycles. The summed E-state index contributed by atoms with van der Waals surface area (Å²) in [7, 11) is 0. The molecule has 1 aliphatic carbocycles. The number of hydrogen-bond acceptors (Lipinski definition) is 5. The second-order valence-corrected chi connectivity index (χ2v) is 7.55. The Labute approximate surface area is 150 Å². The van der Waals surface area contributed by atoms with Crippen LogP contribution >= 0.6 is 11.8 Å². The lowest BCUT2D eigenvalue weighted by Gasteiger charge is -2.24. The van der Waals surface area contributed by atoms with Crippen LogP contribution in [-0.2, 0) is 6.42 Å². The number of aromatic nitrogens is 4. The fourth-order valence-corrected chi connectivity index (χ4v) is 3.74. The van der Waals surface area contributed by atoms with Gasteiger partial charge in [0.2, 0.25) is 5.16 Å². The molecule has 2 heterocycles. The highest BCUT2D eigenvalue weighted by Gasteiger charge is 2.29. The molecule has 0 bridgehead atoms. The average Bonchev–Trinajstić information content (AvgIpc) is 3.05. The zero-order valence-electron chi connectivity index (χ0n) is 14.6. The molecule has 0 amide bonds. The molecule has 128 valence electrons. The van der Waals surface area contributed by atoms with Crippen LogP contribution in [0.5, 0.6) is 0 Å². The van der Waals surface area contributed by atoms with Crippen LogP contribution < -0.4 is 0 Å². The van der Waals surface area contributed by atoms with Gasteiger partial charge in [0.25, 0.3) is 5.78 Å². The van der Waals surface area contributed by atoms with E-state index in [1.165, 1.54) is 22.9 Å². The second-order valence-electron chi connectivity index (χ2n) is 6.78. The van der Waals surface area contributed by atoms with Crippen molar-refractivity contribution in [1.29, 1.82) is 0 Å². The van der Waals surface area contributed by atoms with E-state index in [0.29, 0.717) is 28.8 Å². The van der Waals surface area contributed by atoms with E-state index in [9.17, 15) is 4.79 Å². The van der Waals surface area contributed by atoms with Gasteiger partial charge in [-0.3, -0.25) is 4.79 Å². The van der Waals surface area contributed by atoms with Crippen LogP contribution in [0.3, 0.4) is 0 Å². The lowest BCUT2D eigenvalue weighted by atomic mass is 9.81. The standard InChI is InChI=1S/C19H20N4OS/c1-11(2)12-4-6-13(7-5-12)14-8-16-15(17(24)9-14)10-20-18-21-19(25-3)22-23(16)18/h4-7,10-11,14H,8-9H2,1-3H3. The highest BCUT2D eigenvalue weighted by Crippen LogP contribution is 2.33. The van der Waals surface area contributed by atoms with Gasteiger partial charge in [-0.05, 0) is 35.6 Å². The molecule has 0 aliphatic heterocycles. The Bertz CT molecular complexity index is 946. The number of Topliss-reactive ketones (excluding diaryl/α,β-unsaturated/α-hetero) is 1. The van der Waals surface area contributed by atoms with Crippen molar-refractivity contribution in [3.63, 3.8) is 0 Å². The number of fused-ring (bicyclic) bond motifs is 3. The maximum Gasteiger partial charge on any atom is 0.253 e. The van der Waals surface area contributed by atoms with Crippen LogP contribution in [-0.4, -0.2) is 31.6 Å². The van der Waals surface area contributed by atoms with Crippen LogP contribution in [0.4, 0.5) is 0 Å². The van der Waals surface area contributed by atoms with E-state index in [-0.39, 0.29) is 11.7 Å². The molecule has 0 spiro atoms. The quantitative estimate of drug-likeness (QED) is 0.670. The van der Waals surface area contributed by atoms with Gasteiger partial charge in [-0.2, -0.15) is 9.50 Å². The Morgan fingerprint density at radius 3 is 2.64 bits per heavy atom. The molecule has 0 N–H and O–H groups in total. The Hall–Kier alpha value is -2.21. The predicted octanol–water partition coefficient (Wildman–Crippen LogP) is 3.88. The Morgan fingerprint density at radius 2 is 1.96 bits per heavy atom. The molecule has 25 heavy (non-hydrogen) atoms. The van der Waals surface area contributed by atoms with Crippen molar-refractivity contribution in [3.8, 4) is 0 Å². The van der Waals surface area contributed by atoms with Crippen LogP contribution in [0.15, 0.2) is 35.6 Å². The van der Waals surface area contributed by atoms with E-state index in [1.54, 1.807) is 10.7 Å². The smallest absolute Gasteiger partial charge is 0.253 e. The van der Waals surface area contributed by atoms with Gasteiger partial charge in [0.05, 0.1) is 11.3 Å². The Balaban J connectivity index is 1.74. The molecular weight excluding hydrogens is 332 g/mol. The van der Waals surface area contributed by atoms with E-state index in [4.69, 9.17) is 0 Å². The first-order valence-corrected chi connectivity index (χ1v) is 9.71. The van der Waals surface area contributed by atoms with Gasteiger partial charge in [0, 0.05) is 12.6 Å². The topological polar surface area (TPSA) is 60.1 Å². The molecule has 1 atom stereocenters. The number of carbonyl (C=O) groups excluding carboxylic acids is 1. The van der Waals surface area contributed by atoms with Gasteiger partial charge >= 0.3 is 0 Å². The third kappa shape index (κ3) is 2.84. The summed E-state index contributed by atoms with van der Waals surface area (Å²) in [4.78, 5) is 21.3. The monoisotopic (exact) mass is 352 g/mol. The van der Waals surface area contributed by atoms with E-state index in [1.807, 2.05) is 6.26 Å². The van der Waals surface area contributed by atoms with Crippen molar-refractivity contribution in [1.82, 2.24) is 19.6 Å². The van der Waals surface area contributed by atoms with E-state index in [0.717, 1.165) is 12.1 Å². The van der Waals surface area contributed by atoms with Crippen molar-refractivity contribution >= 4 is 23.3 Å². The fourth-order valence-electron chi connectivity index (χ4n) is 3.40. The summed E-state index contributed by atoms with van der Waals surface area (Å²) in [5.74, 6) is 1.38. The minimum Gasteiger partial charge on any atom is -0.294 e. The number of nitrogens with zero attached hydrogens (tertiary/aromatic N) is 4. The van der Waals surface area contributed by atoms with E-state index >= 15 is 0 Å². The lowest BCUT2D eigenvalue weighted by Crippen LogP contribution is -2.22. The van der Waals surface area contributed by atoms with Gasteiger partial charge in [-0.1, -0.05) is 49.9 Å². The van der Waals surface area contributed by atoms with Crippen molar-refractivity contribution in [2.75, 3.05) is 6.26 Å². The van der Waals surface area contributed by atoms with Gasteiger partial charge in [-0.25, -0.2) is 4.98 Å². The minimum atomic E-state index is 0.134. The third-order valence-corrected chi connectivity index (χ3v) is 5.41. The molecule has 6 heteroatoms. The predicted molar refractivity (Wildman–Crippen MR) is 98.5 cm³/mol. The first-order chi connectivity index (χ1) is 12.1. The minimum absolute atomic E-state index is 0.134. The highest BCUT2D eigenvalue weighted by atomic mass is 32.2. The molecule has 4 rings (SSSR count). The molecule has 0 saturated heterocycles. The summed E-state index contributed by atoms with van der Waals surface area (Å²) < 4.78 is 1.74. The maximum absolute atomic E-state index is 12.7. The molecule has 0 radical (unpaired) electrons. The molecule has 5 nitrogen and oxygen atoms in total. The average molecular weight is 352 g/mol.